The molecule has 1 aromatic carbocycles. The van der Waals surface area contributed by atoms with Gasteiger partial charge in [-0.1, -0.05) is 47.3 Å². The number of carbonyl (C=O) groups excluding carboxylic acids is 1. The maximum atomic E-state index is 12.7. The van der Waals surface area contributed by atoms with Crippen LogP contribution in [0.1, 0.15) is 43.4 Å². The third-order valence-corrected chi connectivity index (χ3v) is 7.98. The Hall–Kier alpha value is -3.13. The number of pyridine rings is 2. The molecule has 2 N–H and O–H groups in total. The number of hydrogen-bond acceptors (Lipinski definition) is 6. The summed E-state index contributed by atoms with van der Waals surface area (Å²) in [6.07, 6.45) is 8.44. The van der Waals surface area contributed by atoms with E-state index in [-0.39, 0.29) is 12.2 Å². The number of ketones is 1. The summed E-state index contributed by atoms with van der Waals surface area (Å²) < 4.78 is 0. The fourth-order valence-electron chi connectivity index (χ4n) is 5.26. The largest absolute Gasteiger partial charge is 0.480 e. The van der Waals surface area contributed by atoms with Gasteiger partial charge in [-0.2, -0.15) is 0 Å². The second-order valence-electron chi connectivity index (χ2n) is 9.47. The van der Waals surface area contributed by atoms with Crippen LogP contribution >= 0.6 is 15.9 Å². The molecule has 180 valence electrons. The highest BCUT2D eigenvalue weighted by atomic mass is 79.9. The lowest BCUT2D eigenvalue weighted by atomic mass is 9.58. The van der Waals surface area contributed by atoms with Crippen LogP contribution in [0.2, 0.25) is 0 Å². The summed E-state index contributed by atoms with van der Waals surface area (Å²) >= 11 is 3.44. The summed E-state index contributed by atoms with van der Waals surface area (Å²) in [5, 5.41) is 15.2. The molecule has 0 radical (unpaired) electrons. The third-order valence-electron chi connectivity index (χ3n) is 7.13. The summed E-state index contributed by atoms with van der Waals surface area (Å²) in [6.45, 7) is 1.95. The number of carbonyl (C=O) groups is 2. The molecule has 0 saturated heterocycles. The summed E-state index contributed by atoms with van der Waals surface area (Å²) in [7, 11) is 0. The second-order valence-corrected chi connectivity index (χ2v) is 10.4. The molecule has 1 spiro atoms. The van der Waals surface area contributed by atoms with Gasteiger partial charge in [0.05, 0.1) is 5.41 Å². The molecule has 0 amide bonds. The zero-order valence-corrected chi connectivity index (χ0v) is 21.1. The number of alkyl halides is 1. The van der Waals surface area contributed by atoms with Crippen molar-refractivity contribution < 1.29 is 14.7 Å². The highest BCUT2D eigenvalue weighted by Gasteiger charge is 2.58. The van der Waals surface area contributed by atoms with E-state index in [2.05, 4.69) is 36.2 Å². The van der Waals surface area contributed by atoms with Gasteiger partial charge in [-0.25, -0.2) is 9.78 Å². The number of aromatic nitrogens is 2. The highest BCUT2D eigenvalue weighted by Crippen LogP contribution is 2.49. The predicted octanol–water partition coefficient (Wildman–Crippen LogP) is 5.42. The number of rotatable bonds is 6. The second kappa shape index (κ2) is 9.49. The van der Waals surface area contributed by atoms with Crippen LogP contribution in [0.4, 0.5) is 11.5 Å². The van der Waals surface area contributed by atoms with Crippen LogP contribution < -0.4 is 5.32 Å². The van der Waals surface area contributed by atoms with E-state index in [1.54, 1.807) is 12.4 Å². The van der Waals surface area contributed by atoms with Gasteiger partial charge in [-0.05, 0) is 55.0 Å². The molecular formula is C27H27BrN4O3. The first-order chi connectivity index (χ1) is 16.9. The van der Waals surface area contributed by atoms with Gasteiger partial charge in [0.25, 0.3) is 0 Å². The van der Waals surface area contributed by atoms with Crippen molar-refractivity contribution in [3.63, 3.8) is 0 Å². The number of benzene rings is 1. The summed E-state index contributed by atoms with van der Waals surface area (Å²) in [4.78, 5) is 37.7. The molecule has 7 nitrogen and oxygen atoms in total. The topological polar surface area (TPSA) is 105 Å². The number of carboxylic acid groups (broad SMARTS) is 1. The fourth-order valence-corrected chi connectivity index (χ4v) is 6.26. The minimum absolute atomic E-state index is 0.156. The molecule has 2 atom stereocenters. The molecule has 35 heavy (non-hydrogen) atoms. The van der Waals surface area contributed by atoms with Crippen molar-refractivity contribution in [1.29, 1.82) is 0 Å². The third kappa shape index (κ3) is 4.47. The number of aliphatic carboxylic acids is 1. The molecule has 2 aliphatic rings. The highest BCUT2D eigenvalue weighted by molar-refractivity contribution is 9.10. The number of hydrogen-bond donors (Lipinski definition) is 2. The minimum atomic E-state index is -0.979. The van der Waals surface area contributed by atoms with Gasteiger partial charge in [0.2, 0.25) is 0 Å². The van der Waals surface area contributed by atoms with Crippen LogP contribution in [0.5, 0.6) is 0 Å². The van der Waals surface area contributed by atoms with E-state index in [4.69, 9.17) is 0 Å². The number of Topliss-reactive ketones (excluding diaryl/α,β-unsaturated/α-hetero) is 1. The number of nitrogens with zero attached hydrogens (tertiary/aromatic N) is 3. The van der Waals surface area contributed by atoms with E-state index in [0.29, 0.717) is 0 Å². The van der Waals surface area contributed by atoms with Crippen molar-refractivity contribution >= 4 is 55.7 Å². The van der Waals surface area contributed by atoms with Gasteiger partial charge >= 0.3 is 5.97 Å². The normalized spacial score (nSPS) is 21.1. The standard InChI is InChI=1S/C27H27BrN4O3/c1-16-13-18-9-12-29-15-20(18)25(30-16)31-19-7-5-17(6-8-19)14-21(26(34)35)32-23-22(28)24(33)27(23)10-3-2-4-11-27/h5-9,12-13,15,21-22H,2-4,10-11,14H2,1H3,(H,30,31)(H,34,35)/t21-,22?/m0/s1. The number of fused-ring (bicyclic) bond motifs is 1. The van der Waals surface area contributed by atoms with Crippen molar-refractivity contribution in [2.24, 2.45) is 10.4 Å². The van der Waals surface area contributed by atoms with Crippen LogP contribution in [0.15, 0.2) is 53.8 Å². The molecule has 0 bridgehead atoms. The van der Waals surface area contributed by atoms with Crippen molar-refractivity contribution in [2.45, 2.75) is 56.3 Å². The number of anilines is 2. The zero-order valence-electron chi connectivity index (χ0n) is 19.5. The summed E-state index contributed by atoms with van der Waals surface area (Å²) in [5.41, 5.74) is 2.79. The molecule has 2 aromatic heterocycles. The zero-order chi connectivity index (χ0) is 24.6. The first-order valence-electron chi connectivity index (χ1n) is 11.9. The van der Waals surface area contributed by atoms with Gasteiger partial charge in [-0.15, -0.1) is 0 Å². The van der Waals surface area contributed by atoms with E-state index >= 15 is 0 Å². The molecular weight excluding hydrogens is 508 g/mol. The predicted molar refractivity (Wildman–Crippen MR) is 140 cm³/mol. The molecule has 2 fully saturated rings. The average Bonchev–Trinajstić information content (AvgIpc) is 2.87. The van der Waals surface area contributed by atoms with Crippen LogP contribution in [0.25, 0.3) is 10.8 Å². The van der Waals surface area contributed by atoms with E-state index in [1.165, 1.54) is 0 Å². The lowest BCUT2D eigenvalue weighted by Gasteiger charge is -2.47. The van der Waals surface area contributed by atoms with Crippen LogP contribution in [0.3, 0.4) is 0 Å². The van der Waals surface area contributed by atoms with Crippen LogP contribution in [0, 0.1) is 12.3 Å². The van der Waals surface area contributed by atoms with Gasteiger partial charge in [-0.3, -0.25) is 14.8 Å². The summed E-state index contributed by atoms with van der Waals surface area (Å²) in [5.74, 6) is -0.0953. The number of aryl methyl sites for hydroxylation is 1. The molecule has 8 heteroatoms. The first-order valence-corrected chi connectivity index (χ1v) is 12.9. The van der Waals surface area contributed by atoms with E-state index in [0.717, 1.165) is 71.4 Å². The number of nitrogens with one attached hydrogen (secondary N) is 1. The van der Waals surface area contributed by atoms with Crippen molar-refractivity contribution in [3.05, 3.63) is 60.0 Å². The average molecular weight is 535 g/mol. The Kier molecular flexibility index (Phi) is 6.40. The Balaban J connectivity index is 1.34. The lowest BCUT2D eigenvalue weighted by Crippen LogP contribution is -2.61. The Morgan fingerprint density at radius 2 is 1.97 bits per heavy atom. The van der Waals surface area contributed by atoms with E-state index in [1.807, 2.05) is 43.3 Å². The molecule has 1 unspecified atom stereocenters. The van der Waals surface area contributed by atoms with E-state index in [9.17, 15) is 14.7 Å². The van der Waals surface area contributed by atoms with Gasteiger partial charge in [0.1, 0.15) is 10.6 Å². The molecule has 3 aromatic rings. The molecule has 2 heterocycles. The maximum Gasteiger partial charge on any atom is 0.328 e. The van der Waals surface area contributed by atoms with Gasteiger partial charge in [0.15, 0.2) is 11.8 Å². The smallest absolute Gasteiger partial charge is 0.328 e. The van der Waals surface area contributed by atoms with Crippen molar-refractivity contribution in [2.75, 3.05) is 5.32 Å². The van der Waals surface area contributed by atoms with E-state index < -0.39 is 22.3 Å². The molecule has 5 rings (SSSR count). The molecule has 2 aliphatic carbocycles. The fraction of sp³-hybridized carbons (Fsp3) is 0.370. The monoisotopic (exact) mass is 534 g/mol. The van der Waals surface area contributed by atoms with Gasteiger partial charge in [0, 0.05) is 41.3 Å². The lowest BCUT2D eigenvalue weighted by molar-refractivity contribution is -0.138. The van der Waals surface area contributed by atoms with Gasteiger partial charge < -0.3 is 10.4 Å². The van der Waals surface area contributed by atoms with Crippen LogP contribution in [-0.2, 0) is 16.0 Å². The van der Waals surface area contributed by atoms with Crippen molar-refractivity contribution in [1.82, 2.24) is 9.97 Å². The number of aliphatic imine (C=N–C) groups is 1. The quantitative estimate of drug-likeness (QED) is 0.409. The Morgan fingerprint density at radius 3 is 2.69 bits per heavy atom. The number of halogens is 1. The Morgan fingerprint density at radius 1 is 1.23 bits per heavy atom. The SMILES string of the molecule is Cc1cc2ccncc2c(Nc2ccc(C[C@H](N=C3C(Br)C(=O)C34CCCCC4)C(=O)O)cc2)n1. The van der Waals surface area contributed by atoms with Crippen LogP contribution in [-0.4, -0.2) is 43.4 Å². The van der Waals surface area contributed by atoms with Crippen molar-refractivity contribution in [3.8, 4) is 0 Å². The Labute approximate surface area is 212 Å². The minimum Gasteiger partial charge on any atom is -0.480 e. The Bertz CT molecular complexity index is 1320. The maximum absolute atomic E-state index is 12.7. The first kappa shape index (κ1) is 23.6. The number of carboxylic acids is 1. The molecule has 2 saturated carbocycles. The summed E-state index contributed by atoms with van der Waals surface area (Å²) in [6, 6.07) is 10.7. The molecule has 0 aliphatic heterocycles.